The van der Waals surface area contributed by atoms with Crippen LogP contribution in [0.15, 0.2) is 30.9 Å². The summed E-state index contributed by atoms with van der Waals surface area (Å²) >= 11 is 11.7. The third-order valence-electron chi connectivity index (χ3n) is 1.58. The fourth-order valence-corrected chi connectivity index (χ4v) is 1.49. The Balaban J connectivity index is 2.53. The molecular formula is C8H5Cl2N3. The molecule has 2 aromatic rings. The SMILES string of the molecule is Clc1ccc(-n2cncn2)c(Cl)c1. The third kappa shape index (κ3) is 1.66. The van der Waals surface area contributed by atoms with E-state index in [1.165, 1.54) is 6.33 Å². The smallest absolute Gasteiger partial charge is 0.138 e. The first kappa shape index (κ1) is 8.53. The summed E-state index contributed by atoms with van der Waals surface area (Å²) < 4.78 is 1.58. The van der Waals surface area contributed by atoms with Gasteiger partial charge in [-0.2, -0.15) is 5.10 Å². The summed E-state index contributed by atoms with van der Waals surface area (Å²) in [6.45, 7) is 0. The van der Waals surface area contributed by atoms with Gasteiger partial charge in [0.15, 0.2) is 0 Å². The molecule has 0 aliphatic carbocycles. The molecule has 0 amide bonds. The molecule has 13 heavy (non-hydrogen) atoms. The molecule has 0 atom stereocenters. The fraction of sp³-hybridized carbons (Fsp3) is 0. The van der Waals surface area contributed by atoms with Crippen LogP contribution in [-0.2, 0) is 0 Å². The van der Waals surface area contributed by atoms with E-state index in [1.54, 1.807) is 29.2 Å². The summed E-state index contributed by atoms with van der Waals surface area (Å²) in [6, 6.07) is 5.21. The number of benzene rings is 1. The first-order valence-electron chi connectivity index (χ1n) is 3.57. The van der Waals surface area contributed by atoms with E-state index in [2.05, 4.69) is 10.1 Å². The summed E-state index contributed by atoms with van der Waals surface area (Å²) in [5.74, 6) is 0. The normalized spacial score (nSPS) is 10.3. The average molecular weight is 214 g/mol. The van der Waals surface area contributed by atoms with Gasteiger partial charge in [0.2, 0.25) is 0 Å². The number of rotatable bonds is 1. The lowest BCUT2D eigenvalue weighted by Gasteiger charge is -2.02. The lowest BCUT2D eigenvalue weighted by Crippen LogP contribution is -1.94. The van der Waals surface area contributed by atoms with Crippen LogP contribution in [0.1, 0.15) is 0 Å². The quantitative estimate of drug-likeness (QED) is 0.730. The topological polar surface area (TPSA) is 30.7 Å². The van der Waals surface area contributed by atoms with Gasteiger partial charge >= 0.3 is 0 Å². The second-order valence-corrected chi connectivity index (χ2v) is 3.28. The van der Waals surface area contributed by atoms with Crippen LogP contribution in [0, 0.1) is 0 Å². The zero-order chi connectivity index (χ0) is 9.26. The van der Waals surface area contributed by atoms with Crippen LogP contribution in [0.2, 0.25) is 10.0 Å². The van der Waals surface area contributed by atoms with Crippen molar-refractivity contribution in [1.82, 2.24) is 14.8 Å². The van der Waals surface area contributed by atoms with Crippen LogP contribution < -0.4 is 0 Å². The molecular weight excluding hydrogens is 209 g/mol. The molecule has 0 unspecified atom stereocenters. The summed E-state index contributed by atoms with van der Waals surface area (Å²) in [5, 5.41) is 5.11. The molecule has 0 saturated heterocycles. The second kappa shape index (κ2) is 3.36. The molecule has 66 valence electrons. The largest absolute Gasteiger partial charge is 0.223 e. The highest BCUT2D eigenvalue weighted by molar-refractivity contribution is 6.35. The van der Waals surface area contributed by atoms with Crippen LogP contribution in [0.4, 0.5) is 0 Å². The Kier molecular flexibility index (Phi) is 2.20. The molecule has 0 radical (unpaired) electrons. The highest BCUT2D eigenvalue weighted by Gasteiger charge is 2.02. The highest BCUT2D eigenvalue weighted by Crippen LogP contribution is 2.23. The van der Waals surface area contributed by atoms with Gasteiger partial charge in [-0.05, 0) is 18.2 Å². The minimum atomic E-state index is 0.554. The molecule has 5 heteroatoms. The Morgan fingerprint density at radius 2 is 2.08 bits per heavy atom. The maximum absolute atomic E-state index is 5.95. The molecule has 0 spiro atoms. The van der Waals surface area contributed by atoms with Gasteiger partial charge in [0, 0.05) is 5.02 Å². The van der Waals surface area contributed by atoms with E-state index in [0.29, 0.717) is 10.0 Å². The summed E-state index contributed by atoms with van der Waals surface area (Å²) in [6.07, 6.45) is 3.03. The molecule has 0 saturated carbocycles. The van der Waals surface area contributed by atoms with Crippen molar-refractivity contribution in [2.75, 3.05) is 0 Å². The summed E-state index contributed by atoms with van der Waals surface area (Å²) in [5.41, 5.74) is 0.767. The molecule has 0 N–H and O–H groups in total. The predicted molar refractivity (Wildman–Crippen MR) is 51.4 cm³/mol. The van der Waals surface area contributed by atoms with E-state index < -0.39 is 0 Å². The zero-order valence-corrected chi connectivity index (χ0v) is 8.00. The van der Waals surface area contributed by atoms with E-state index in [0.717, 1.165) is 5.69 Å². The molecule has 3 nitrogen and oxygen atoms in total. The summed E-state index contributed by atoms with van der Waals surface area (Å²) in [7, 11) is 0. The first-order valence-corrected chi connectivity index (χ1v) is 4.33. The van der Waals surface area contributed by atoms with Gasteiger partial charge in [0.1, 0.15) is 12.7 Å². The van der Waals surface area contributed by atoms with E-state index in [-0.39, 0.29) is 0 Å². The van der Waals surface area contributed by atoms with Crippen LogP contribution in [0.3, 0.4) is 0 Å². The first-order chi connectivity index (χ1) is 6.27. The van der Waals surface area contributed by atoms with Crippen molar-refractivity contribution in [3.63, 3.8) is 0 Å². The van der Waals surface area contributed by atoms with Crippen LogP contribution in [-0.4, -0.2) is 14.8 Å². The molecule has 0 bridgehead atoms. The van der Waals surface area contributed by atoms with E-state index in [9.17, 15) is 0 Å². The van der Waals surface area contributed by atoms with Crippen molar-refractivity contribution in [2.45, 2.75) is 0 Å². The Morgan fingerprint density at radius 1 is 1.23 bits per heavy atom. The molecule has 2 rings (SSSR count). The zero-order valence-electron chi connectivity index (χ0n) is 6.48. The van der Waals surface area contributed by atoms with Gasteiger partial charge in [0.05, 0.1) is 10.7 Å². The molecule has 1 heterocycles. The Morgan fingerprint density at radius 3 is 2.69 bits per heavy atom. The Bertz CT molecular complexity index is 411. The number of hydrogen-bond donors (Lipinski definition) is 0. The molecule has 0 aliphatic heterocycles. The minimum absolute atomic E-state index is 0.554. The Labute approximate surface area is 84.9 Å². The number of aromatic nitrogens is 3. The fourth-order valence-electron chi connectivity index (χ4n) is 1.000. The number of halogens is 2. The van der Waals surface area contributed by atoms with Crippen molar-refractivity contribution < 1.29 is 0 Å². The lowest BCUT2D eigenvalue weighted by molar-refractivity contribution is 0.879. The third-order valence-corrected chi connectivity index (χ3v) is 2.11. The highest BCUT2D eigenvalue weighted by atomic mass is 35.5. The van der Waals surface area contributed by atoms with Crippen molar-refractivity contribution in [2.24, 2.45) is 0 Å². The van der Waals surface area contributed by atoms with Crippen LogP contribution >= 0.6 is 23.2 Å². The van der Waals surface area contributed by atoms with Crippen molar-refractivity contribution >= 4 is 23.2 Å². The van der Waals surface area contributed by atoms with Gasteiger partial charge in [-0.3, -0.25) is 0 Å². The molecule has 1 aromatic carbocycles. The van der Waals surface area contributed by atoms with Crippen LogP contribution in [0.5, 0.6) is 0 Å². The predicted octanol–water partition coefficient (Wildman–Crippen LogP) is 2.57. The lowest BCUT2D eigenvalue weighted by atomic mass is 10.3. The number of nitrogens with zero attached hydrogens (tertiary/aromatic N) is 3. The van der Waals surface area contributed by atoms with E-state index in [4.69, 9.17) is 23.2 Å². The van der Waals surface area contributed by atoms with Gasteiger partial charge < -0.3 is 0 Å². The van der Waals surface area contributed by atoms with Crippen LogP contribution in [0.25, 0.3) is 5.69 Å². The van der Waals surface area contributed by atoms with Gasteiger partial charge in [-0.15, -0.1) is 0 Å². The van der Waals surface area contributed by atoms with E-state index in [1.807, 2.05) is 0 Å². The maximum Gasteiger partial charge on any atom is 0.138 e. The maximum atomic E-state index is 5.95. The standard InChI is InChI=1S/C8H5Cl2N3/c9-6-1-2-8(7(10)3-6)13-5-11-4-12-13/h1-5H. The Hall–Kier alpha value is -1.06. The van der Waals surface area contributed by atoms with Crippen molar-refractivity contribution in [3.8, 4) is 5.69 Å². The monoisotopic (exact) mass is 213 g/mol. The van der Waals surface area contributed by atoms with Gasteiger partial charge in [-0.25, -0.2) is 9.67 Å². The minimum Gasteiger partial charge on any atom is -0.223 e. The van der Waals surface area contributed by atoms with E-state index >= 15 is 0 Å². The molecule has 1 aromatic heterocycles. The molecule has 0 aliphatic rings. The van der Waals surface area contributed by atoms with Crippen molar-refractivity contribution in [3.05, 3.63) is 40.9 Å². The average Bonchev–Trinajstić information content (AvgIpc) is 2.56. The van der Waals surface area contributed by atoms with Gasteiger partial charge in [-0.1, -0.05) is 23.2 Å². The van der Waals surface area contributed by atoms with Crippen molar-refractivity contribution in [1.29, 1.82) is 0 Å². The number of hydrogen-bond acceptors (Lipinski definition) is 2. The second-order valence-electron chi connectivity index (χ2n) is 2.44. The van der Waals surface area contributed by atoms with Gasteiger partial charge in [0.25, 0.3) is 0 Å². The molecule has 0 fully saturated rings. The summed E-state index contributed by atoms with van der Waals surface area (Å²) in [4.78, 5) is 3.82.